The summed E-state index contributed by atoms with van der Waals surface area (Å²) in [6.45, 7) is 13.3. The second-order valence-electron chi connectivity index (χ2n) is 15.0. The highest BCUT2D eigenvalue weighted by molar-refractivity contribution is 5.93. The van der Waals surface area contributed by atoms with Crippen LogP contribution in [0.5, 0.6) is 0 Å². The SMILES string of the molecule is C.C.CN(C)c1ccccc1.CN1CCCC1.CN1CCCCC1.CN1CCOCC1.CNc1cccc2ccccc12.CNc1ccccc1.Cc1cc(C)n(C)n1.[2HH].[B]. The number of hydrogen-bond donors (Lipinski definition) is 2. The molecule has 3 saturated heterocycles. The minimum Gasteiger partial charge on any atom is -0.388 e. The van der Waals surface area contributed by atoms with Crippen LogP contribution in [0.25, 0.3) is 10.8 Å². The van der Waals surface area contributed by atoms with E-state index in [-0.39, 0.29) is 24.7 Å². The third-order valence-electron chi connectivity index (χ3n) is 9.77. The van der Waals surface area contributed by atoms with Crippen molar-refractivity contribution in [2.75, 3.05) is 117 Å². The molecule has 0 aliphatic carbocycles. The molecule has 0 saturated carbocycles. The Labute approximate surface area is 371 Å². The van der Waals surface area contributed by atoms with Crippen molar-refractivity contribution >= 4 is 36.2 Å². The topological polar surface area (TPSA) is 64.1 Å². The number of nitrogens with one attached hydrogen (secondary N) is 2. The maximum Gasteiger partial charge on any atom is 0.0596 e. The van der Waals surface area contributed by atoms with Gasteiger partial charge in [-0.1, -0.05) is 94.1 Å². The highest BCUT2D eigenvalue weighted by atomic mass is 16.5. The summed E-state index contributed by atoms with van der Waals surface area (Å²) in [5.41, 5.74) is 5.89. The molecule has 2 N–H and O–H groups in total. The van der Waals surface area contributed by atoms with Gasteiger partial charge in [0, 0.05) is 86.3 Å². The van der Waals surface area contributed by atoms with Gasteiger partial charge in [0.25, 0.3) is 0 Å². The Kier molecular flexibility index (Phi) is 34.1. The molecule has 1 aromatic heterocycles. The van der Waals surface area contributed by atoms with E-state index in [1.165, 1.54) is 86.1 Å². The van der Waals surface area contributed by atoms with E-state index in [9.17, 15) is 0 Å². The Balaban J connectivity index is -0.000000643. The number of hydrogen-bond acceptors (Lipinski definition) is 8. The van der Waals surface area contributed by atoms with Crippen LogP contribution in [0.1, 0.15) is 59.8 Å². The van der Waals surface area contributed by atoms with Crippen LogP contribution in [0.15, 0.2) is 109 Å². The minimum absolute atomic E-state index is 0. The van der Waals surface area contributed by atoms with Crippen LogP contribution in [0.3, 0.4) is 0 Å². The third kappa shape index (κ3) is 26.0. The number of aryl methyl sites for hydroxylation is 3. The first-order valence-corrected chi connectivity index (χ1v) is 20.7. The minimum atomic E-state index is 0. The van der Waals surface area contributed by atoms with Crippen molar-refractivity contribution in [2.45, 2.75) is 60.8 Å². The summed E-state index contributed by atoms with van der Waals surface area (Å²) in [5, 5.41) is 12.9. The quantitative estimate of drug-likeness (QED) is 0.175. The lowest BCUT2D eigenvalue weighted by molar-refractivity contribution is 0.0503. The van der Waals surface area contributed by atoms with Crippen LogP contribution in [0.2, 0.25) is 0 Å². The van der Waals surface area contributed by atoms with E-state index < -0.39 is 0 Å². The van der Waals surface area contributed by atoms with Crippen molar-refractivity contribution in [3.8, 4) is 0 Å². The van der Waals surface area contributed by atoms with E-state index in [1.54, 1.807) is 0 Å². The summed E-state index contributed by atoms with van der Waals surface area (Å²) < 4.78 is 6.97. The van der Waals surface area contributed by atoms with Crippen molar-refractivity contribution in [3.63, 3.8) is 0 Å². The van der Waals surface area contributed by atoms with E-state index in [4.69, 9.17) is 4.74 Å². The van der Waals surface area contributed by atoms with Crippen molar-refractivity contribution < 1.29 is 6.16 Å². The largest absolute Gasteiger partial charge is 0.388 e. The smallest absolute Gasteiger partial charge is 0.0596 e. The fraction of sp³-hybridized carbons (Fsp3) is 0.500. The summed E-state index contributed by atoms with van der Waals surface area (Å²) in [6, 6.07) is 37.0. The molecule has 3 aliphatic heterocycles. The highest BCUT2D eigenvalue weighted by Gasteiger charge is 2.04. The lowest BCUT2D eigenvalue weighted by Gasteiger charge is -2.21. The molecule has 5 aromatic rings. The van der Waals surface area contributed by atoms with Gasteiger partial charge in [-0.15, -0.1) is 0 Å². The number of nitrogens with zero attached hydrogens (tertiary/aromatic N) is 6. The van der Waals surface area contributed by atoms with Crippen LogP contribution in [0.4, 0.5) is 17.1 Å². The zero-order valence-corrected chi connectivity index (χ0v) is 37.8. The number of para-hydroxylation sites is 2. The number of likely N-dealkylation sites (tertiary alicyclic amines) is 2. The Bertz CT molecular complexity index is 1650. The second kappa shape index (κ2) is 35.4. The molecule has 3 radical (unpaired) electrons. The standard InChI is InChI=1S/C11H11N.C8H11N.C7H9N.C6H10N2.C6H13N.C5H11NO.C5H11N.2CH4.B.H2/c1-12-11-8-4-6-9-5-2-3-7-10(9)11;1-9(2)8-6-4-3-5-7-8;1-8-7-5-3-2-4-6-7;1-5-4-6(2)8(3)7-5;1-7-5-3-2-4-6-7;1-6-2-4-7-5-3-6;1-6-4-2-3-5-6;;;;/h2-8,12H,1H3;3-7H,1-2H3;2-6,8H,1H3;4H,1-3H3;2-6H2,1H3;2-5H2,1H3;2-5H2,1H3;2*1H4;;1H/i;;;;;;;;;;1+1. The molecule has 9 nitrogen and oxygen atoms in total. The Morgan fingerprint density at radius 1 is 0.583 bits per heavy atom. The van der Waals surface area contributed by atoms with Gasteiger partial charge in [0.2, 0.25) is 0 Å². The van der Waals surface area contributed by atoms with E-state index >= 15 is 0 Å². The average Bonchev–Trinajstić information content (AvgIpc) is 3.85. The van der Waals surface area contributed by atoms with E-state index in [1.807, 2.05) is 102 Å². The lowest BCUT2D eigenvalue weighted by Crippen LogP contribution is -2.32. The molecule has 4 heterocycles. The first-order chi connectivity index (χ1) is 27.5. The van der Waals surface area contributed by atoms with Gasteiger partial charge >= 0.3 is 0 Å². The molecule has 335 valence electrons. The maximum absolute atomic E-state index is 5.10. The van der Waals surface area contributed by atoms with Gasteiger partial charge in [-0.3, -0.25) is 4.68 Å². The highest BCUT2D eigenvalue weighted by Crippen LogP contribution is 2.22. The Morgan fingerprint density at radius 3 is 1.38 bits per heavy atom. The van der Waals surface area contributed by atoms with E-state index in [2.05, 4.69) is 117 Å². The van der Waals surface area contributed by atoms with Gasteiger partial charge in [-0.05, 0) is 129 Å². The number of ether oxygens (including phenoxy) is 1. The van der Waals surface area contributed by atoms with Crippen molar-refractivity contribution in [2.24, 2.45) is 7.05 Å². The predicted molar refractivity (Wildman–Crippen MR) is 271 cm³/mol. The molecule has 60 heavy (non-hydrogen) atoms. The first kappa shape index (κ1) is 57.7. The van der Waals surface area contributed by atoms with Gasteiger partial charge < -0.3 is 35.0 Å². The third-order valence-corrected chi connectivity index (χ3v) is 9.77. The number of likely N-dealkylation sites (N-methyl/N-ethyl adjacent to an activating group) is 1. The molecule has 8 rings (SSSR count). The average molecular weight is 827 g/mol. The molecule has 0 atom stereocenters. The van der Waals surface area contributed by atoms with Crippen LogP contribution in [0, 0.1) is 13.8 Å². The zero-order valence-electron chi connectivity index (χ0n) is 37.8. The summed E-state index contributed by atoms with van der Waals surface area (Å²) in [5.74, 6) is 0. The fourth-order valence-electron chi connectivity index (χ4n) is 6.10. The molecular formula is C50H86BN8O. The van der Waals surface area contributed by atoms with Crippen molar-refractivity contribution in [3.05, 3.63) is 121 Å². The Hall–Kier alpha value is -4.35. The molecule has 3 fully saturated rings. The molecule has 4 aromatic carbocycles. The molecule has 3 aliphatic rings. The number of anilines is 3. The van der Waals surface area contributed by atoms with Crippen LogP contribution in [-0.4, -0.2) is 135 Å². The van der Waals surface area contributed by atoms with Crippen LogP contribution >= 0.6 is 0 Å². The number of benzene rings is 4. The summed E-state index contributed by atoms with van der Waals surface area (Å²) in [6.07, 6.45) is 7.10. The molecule has 0 unspecified atom stereocenters. The second-order valence-corrected chi connectivity index (χ2v) is 15.0. The first-order valence-electron chi connectivity index (χ1n) is 20.7. The van der Waals surface area contributed by atoms with E-state index in [0.717, 1.165) is 37.7 Å². The van der Waals surface area contributed by atoms with Gasteiger partial charge in [0.05, 0.1) is 18.9 Å². The summed E-state index contributed by atoms with van der Waals surface area (Å²) >= 11 is 0. The Morgan fingerprint density at radius 2 is 1.05 bits per heavy atom. The van der Waals surface area contributed by atoms with Gasteiger partial charge in [0.15, 0.2) is 0 Å². The molecule has 0 bridgehead atoms. The van der Waals surface area contributed by atoms with Crippen molar-refractivity contribution in [1.82, 2.24) is 24.5 Å². The number of piperidine rings is 1. The number of aromatic nitrogens is 2. The van der Waals surface area contributed by atoms with Crippen LogP contribution < -0.4 is 15.5 Å². The lowest BCUT2D eigenvalue weighted by atomic mass is 10.1. The van der Waals surface area contributed by atoms with Crippen molar-refractivity contribution in [1.29, 1.82) is 0 Å². The maximum atomic E-state index is 5.10. The van der Waals surface area contributed by atoms with Gasteiger partial charge in [0.1, 0.15) is 0 Å². The van der Waals surface area contributed by atoms with Crippen LogP contribution in [-0.2, 0) is 11.8 Å². The van der Waals surface area contributed by atoms with Gasteiger partial charge in [-0.2, -0.15) is 5.10 Å². The molecular weight excluding hydrogens is 739 g/mol. The fourth-order valence-corrected chi connectivity index (χ4v) is 6.10. The predicted octanol–water partition coefficient (Wildman–Crippen LogP) is 10.3. The molecule has 0 spiro atoms. The molecule has 10 heteroatoms. The number of morpholine rings is 1. The number of fused-ring (bicyclic) bond motifs is 1. The normalized spacial score (nSPS) is 14.3. The van der Waals surface area contributed by atoms with Gasteiger partial charge in [-0.25, -0.2) is 0 Å². The number of rotatable bonds is 3. The zero-order chi connectivity index (χ0) is 41.7. The summed E-state index contributed by atoms with van der Waals surface area (Å²) in [4.78, 5) is 9.10. The monoisotopic (exact) mass is 827 g/mol. The van der Waals surface area contributed by atoms with E-state index in [0.29, 0.717) is 0 Å². The summed E-state index contributed by atoms with van der Waals surface area (Å²) in [7, 11) is 16.4. The molecule has 0 amide bonds.